The van der Waals surface area contributed by atoms with Crippen molar-refractivity contribution in [1.82, 2.24) is 9.78 Å². The lowest BCUT2D eigenvalue weighted by atomic mass is 10.2. The summed E-state index contributed by atoms with van der Waals surface area (Å²) in [5.41, 5.74) is 1.99. The number of carbonyl (C=O) groups is 2. The number of hydrogen-bond donors (Lipinski definition) is 1. The maximum atomic E-state index is 12.4. The number of nitrogens with zero attached hydrogens (tertiary/aromatic N) is 2. The number of anilines is 1. The van der Waals surface area contributed by atoms with Gasteiger partial charge in [-0.3, -0.25) is 9.48 Å². The molecule has 0 aliphatic carbocycles. The number of methoxy groups -OCH3 is 1. The molecule has 2 rings (SSSR count). The Balaban J connectivity index is 2.18. The highest BCUT2D eigenvalue weighted by Crippen LogP contribution is 2.23. The van der Waals surface area contributed by atoms with Gasteiger partial charge < -0.3 is 10.1 Å². The molecule has 1 N–H and O–H groups in total. The molecule has 1 aromatic carbocycles. The molecule has 0 saturated carbocycles. The number of hydrogen-bond acceptors (Lipinski definition) is 4. The summed E-state index contributed by atoms with van der Waals surface area (Å²) in [7, 11) is 3.00. The van der Waals surface area contributed by atoms with Gasteiger partial charge in [0.1, 0.15) is 5.69 Å². The molecule has 0 radical (unpaired) electrons. The highest BCUT2D eigenvalue weighted by atomic mass is 35.5. The SMILES string of the molecule is CCCc1nn(C)c(C(=O)Nc2ccc(C(=O)OC)cc2)c1Cl. The van der Waals surface area contributed by atoms with Crippen LogP contribution in [0.2, 0.25) is 5.02 Å². The van der Waals surface area contributed by atoms with E-state index in [9.17, 15) is 9.59 Å². The summed E-state index contributed by atoms with van der Waals surface area (Å²) in [4.78, 5) is 23.8. The number of carbonyl (C=O) groups excluding carboxylic acids is 2. The monoisotopic (exact) mass is 335 g/mol. The van der Waals surface area contributed by atoms with Crippen molar-refractivity contribution in [3.8, 4) is 0 Å². The van der Waals surface area contributed by atoms with E-state index in [0.29, 0.717) is 34.1 Å². The van der Waals surface area contributed by atoms with Gasteiger partial charge >= 0.3 is 5.97 Å². The summed E-state index contributed by atoms with van der Waals surface area (Å²) in [6.45, 7) is 2.02. The Bertz CT molecular complexity index is 723. The average molecular weight is 336 g/mol. The van der Waals surface area contributed by atoms with Gasteiger partial charge in [-0.1, -0.05) is 24.9 Å². The van der Waals surface area contributed by atoms with Crippen LogP contribution in [0.1, 0.15) is 39.9 Å². The zero-order valence-corrected chi connectivity index (χ0v) is 14.0. The van der Waals surface area contributed by atoms with Gasteiger partial charge in [0.05, 0.1) is 23.4 Å². The van der Waals surface area contributed by atoms with Crippen molar-refractivity contribution in [1.29, 1.82) is 0 Å². The van der Waals surface area contributed by atoms with E-state index in [2.05, 4.69) is 15.2 Å². The van der Waals surface area contributed by atoms with Crippen LogP contribution in [-0.4, -0.2) is 28.8 Å². The summed E-state index contributed by atoms with van der Waals surface area (Å²) in [6, 6.07) is 6.41. The summed E-state index contributed by atoms with van der Waals surface area (Å²) >= 11 is 6.25. The molecule has 0 bridgehead atoms. The third kappa shape index (κ3) is 3.71. The molecule has 1 amide bonds. The Hall–Kier alpha value is -2.34. The van der Waals surface area contributed by atoms with E-state index in [4.69, 9.17) is 11.6 Å². The van der Waals surface area contributed by atoms with Gasteiger partial charge in [-0.05, 0) is 30.7 Å². The van der Waals surface area contributed by atoms with Gasteiger partial charge in [-0.15, -0.1) is 0 Å². The van der Waals surface area contributed by atoms with Crippen LogP contribution in [-0.2, 0) is 18.2 Å². The molecule has 0 aliphatic heterocycles. The molecule has 0 spiro atoms. The fraction of sp³-hybridized carbons (Fsp3) is 0.312. The quantitative estimate of drug-likeness (QED) is 0.852. The Kier molecular flexibility index (Phi) is 5.39. The fourth-order valence-electron chi connectivity index (χ4n) is 2.19. The second-order valence-corrected chi connectivity index (χ2v) is 5.38. The molecule has 122 valence electrons. The van der Waals surface area contributed by atoms with Crippen molar-refractivity contribution in [2.75, 3.05) is 12.4 Å². The number of esters is 1. The normalized spacial score (nSPS) is 10.4. The van der Waals surface area contributed by atoms with Crippen molar-refractivity contribution < 1.29 is 14.3 Å². The number of ether oxygens (including phenoxy) is 1. The Morgan fingerprint density at radius 3 is 2.52 bits per heavy atom. The molecular formula is C16H18ClN3O3. The van der Waals surface area contributed by atoms with Crippen LogP contribution in [0, 0.1) is 0 Å². The molecule has 0 atom stereocenters. The van der Waals surface area contributed by atoms with Crippen LogP contribution in [0.25, 0.3) is 0 Å². The number of aryl methyl sites for hydroxylation is 2. The van der Waals surface area contributed by atoms with Crippen molar-refractivity contribution in [2.45, 2.75) is 19.8 Å². The highest BCUT2D eigenvalue weighted by Gasteiger charge is 2.20. The van der Waals surface area contributed by atoms with Crippen LogP contribution in [0.15, 0.2) is 24.3 Å². The van der Waals surface area contributed by atoms with Gasteiger partial charge in [0.25, 0.3) is 5.91 Å². The second-order valence-electron chi connectivity index (χ2n) is 5.01. The van der Waals surface area contributed by atoms with Gasteiger partial charge in [-0.25, -0.2) is 4.79 Å². The maximum absolute atomic E-state index is 12.4. The molecule has 0 saturated heterocycles. The van der Waals surface area contributed by atoms with Crippen molar-refractivity contribution >= 4 is 29.2 Å². The van der Waals surface area contributed by atoms with Crippen LogP contribution >= 0.6 is 11.6 Å². The van der Waals surface area contributed by atoms with Crippen LogP contribution in [0.4, 0.5) is 5.69 Å². The Morgan fingerprint density at radius 2 is 1.96 bits per heavy atom. The standard InChI is InChI=1S/C16H18ClN3O3/c1-4-5-12-13(17)14(20(2)19-12)15(21)18-11-8-6-10(7-9-11)16(22)23-3/h6-9H,4-5H2,1-3H3,(H,18,21). The first-order valence-corrected chi connectivity index (χ1v) is 7.56. The molecular weight excluding hydrogens is 318 g/mol. The predicted molar refractivity (Wildman–Crippen MR) is 87.9 cm³/mol. The van der Waals surface area contributed by atoms with Crippen molar-refractivity contribution in [3.05, 3.63) is 46.2 Å². The Morgan fingerprint density at radius 1 is 1.30 bits per heavy atom. The maximum Gasteiger partial charge on any atom is 0.337 e. The summed E-state index contributed by atoms with van der Waals surface area (Å²) in [6.07, 6.45) is 1.61. The first-order chi connectivity index (χ1) is 11.0. The van der Waals surface area contributed by atoms with E-state index >= 15 is 0 Å². The predicted octanol–water partition coefficient (Wildman–Crippen LogP) is 3.06. The topological polar surface area (TPSA) is 73.2 Å². The van der Waals surface area contributed by atoms with E-state index in [1.165, 1.54) is 11.8 Å². The summed E-state index contributed by atoms with van der Waals surface area (Å²) < 4.78 is 6.11. The molecule has 6 nitrogen and oxygen atoms in total. The second kappa shape index (κ2) is 7.28. The van der Waals surface area contributed by atoms with Gasteiger partial charge in [-0.2, -0.15) is 5.10 Å². The van der Waals surface area contributed by atoms with E-state index in [1.54, 1.807) is 31.3 Å². The minimum Gasteiger partial charge on any atom is -0.465 e. The number of aromatic nitrogens is 2. The molecule has 0 aliphatic rings. The first kappa shape index (κ1) is 17.0. The minimum atomic E-state index is -0.429. The van der Waals surface area contributed by atoms with Crippen molar-refractivity contribution in [2.24, 2.45) is 7.05 Å². The highest BCUT2D eigenvalue weighted by molar-refractivity contribution is 6.34. The lowest BCUT2D eigenvalue weighted by Crippen LogP contribution is -2.16. The fourth-order valence-corrected chi connectivity index (χ4v) is 2.54. The zero-order chi connectivity index (χ0) is 17.0. The van der Waals surface area contributed by atoms with Crippen molar-refractivity contribution in [3.63, 3.8) is 0 Å². The average Bonchev–Trinajstić information content (AvgIpc) is 2.82. The molecule has 2 aromatic rings. The molecule has 0 fully saturated rings. The molecule has 0 unspecified atom stereocenters. The third-order valence-corrected chi connectivity index (χ3v) is 3.72. The number of nitrogens with one attached hydrogen (secondary N) is 1. The smallest absolute Gasteiger partial charge is 0.337 e. The van der Waals surface area contributed by atoms with E-state index in [0.717, 1.165) is 6.42 Å². The first-order valence-electron chi connectivity index (χ1n) is 7.19. The van der Waals surface area contributed by atoms with Crippen LogP contribution in [0.3, 0.4) is 0 Å². The number of amides is 1. The lowest BCUT2D eigenvalue weighted by molar-refractivity contribution is 0.0600. The van der Waals surface area contributed by atoms with Gasteiger partial charge in [0.15, 0.2) is 0 Å². The zero-order valence-electron chi connectivity index (χ0n) is 13.2. The largest absolute Gasteiger partial charge is 0.465 e. The number of rotatable bonds is 5. The van der Waals surface area contributed by atoms with E-state index < -0.39 is 5.97 Å². The molecule has 1 aromatic heterocycles. The summed E-state index contributed by atoms with van der Waals surface area (Å²) in [5.74, 6) is -0.778. The van der Waals surface area contributed by atoms with Crippen LogP contribution < -0.4 is 5.32 Å². The third-order valence-electron chi connectivity index (χ3n) is 3.32. The summed E-state index contributed by atoms with van der Waals surface area (Å²) in [5, 5.41) is 7.39. The lowest BCUT2D eigenvalue weighted by Gasteiger charge is -2.06. The van der Waals surface area contributed by atoms with E-state index in [1.807, 2.05) is 6.92 Å². The molecule has 7 heteroatoms. The Labute approximate surface area is 139 Å². The van der Waals surface area contributed by atoms with Crippen LogP contribution in [0.5, 0.6) is 0 Å². The number of benzene rings is 1. The van der Waals surface area contributed by atoms with Gasteiger partial charge in [0.2, 0.25) is 0 Å². The van der Waals surface area contributed by atoms with E-state index in [-0.39, 0.29) is 5.91 Å². The molecule has 23 heavy (non-hydrogen) atoms. The van der Waals surface area contributed by atoms with Gasteiger partial charge in [0, 0.05) is 12.7 Å². The molecule has 1 heterocycles. The minimum absolute atomic E-state index is 0.312. The number of halogens is 1.